The molecular weight excluding hydrogens is 301 g/mol. The molecule has 0 N–H and O–H groups in total. The average molecular weight is 319 g/mol. The molecule has 0 saturated carbocycles. The molecule has 0 aliphatic carbocycles. The topological polar surface area (TPSA) is 46.1 Å². The third kappa shape index (κ3) is 3.02. The first-order valence-corrected chi connectivity index (χ1v) is 8.36. The molecule has 1 aromatic carbocycles. The van der Waals surface area contributed by atoms with Crippen molar-refractivity contribution in [3.8, 4) is 10.6 Å². The van der Waals surface area contributed by atoms with Crippen LogP contribution < -0.4 is 0 Å². The fourth-order valence-corrected chi connectivity index (χ4v) is 3.77. The van der Waals surface area contributed by atoms with E-state index in [-0.39, 0.29) is 17.6 Å². The lowest BCUT2D eigenvalue weighted by Crippen LogP contribution is -2.38. The summed E-state index contributed by atoms with van der Waals surface area (Å²) < 4.78 is 13.8. The van der Waals surface area contributed by atoms with E-state index in [0.29, 0.717) is 23.5 Å². The van der Waals surface area contributed by atoms with Crippen LogP contribution in [0.1, 0.15) is 37.1 Å². The van der Waals surface area contributed by atoms with Crippen LogP contribution in [0.2, 0.25) is 0 Å². The van der Waals surface area contributed by atoms with Crippen LogP contribution in [0.15, 0.2) is 24.3 Å². The first-order valence-electron chi connectivity index (χ1n) is 7.55. The quantitative estimate of drug-likeness (QED) is 0.870. The van der Waals surface area contributed by atoms with Crippen LogP contribution >= 0.6 is 11.3 Å². The molecule has 0 bridgehead atoms. The standard InChI is InChI=1S/C16H18FN3OS/c1-2-14(21)20-9-5-6-11(10-20)15-18-19-16(22-15)12-7-3-4-8-13(12)17/h3-4,7-8,11H,2,5-6,9-10H2,1H3. The minimum absolute atomic E-state index is 0.184. The Labute approximate surface area is 133 Å². The van der Waals surface area contributed by atoms with Crippen molar-refractivity contribution in [2.24, 2.45) is 0 Å². The predicted octanol–water partition coefficient (Wildman–Crippen LogP) is 3.46. The van der Waals surface area contributed by atoms with Gasteiger partial charge in [0.2, 0.25) is 5.91 Å². The Balaban J connectivity index is 1.79. The van der Waals surface area contributed by atoms with Gasteiger partial charge in [0, 0.05) is 31.0 Å². The summed E-state index contributed by atoms with van der Waals surface area (Å²) in [5, 5.41) is 9.88. The van der Waals surface area contributed by atoms with Crippen molar-refractivity contribution in [1.29, 1.82) is 0 Å². The Hall–Kier alpha value is -1.82. The Morgan fingerprint density at radius 3 is 3.00 bits per heavy atom. The van der Waals surface area contributed by atoms with Crippen molar-refractivity contribution in [1.82, 2.24) is 15.1 Å². The van der Waals surface area contributed by atoms with Gasteiger partial charge in [0.1, 0.15) is 10.8 Å². The highest BCUT2D eigenvalue weighted by Gasteiger charge is 2.26. The van der Waals surface area contributed by atoms with Gasteiger partial charge in [0.15, 0.2) is 5.01 Å². The second-order valence-electron chi connectivity index (χ2n) is 5.46. The molecule has 1 saturated heterocycles. The minimum Gasteiger partial charge on any atom is -0.342 e. The average Bonchev–Trinajstić information content (AvgIpc) is 3.04. The van der Waals surface area contributed by atoms with Gasteiger partial charge in [0.05, 0.1) is 0 Å². The second kappa shape index (κ2) is 6.52. The maximum absolute atomic E-state index is 13.8. The molecule has 2 heterocycles. The minimum atomic E-state index is -0.281. The van der Waals surface area contributed by atoms with Gasteiger partial charge in [-0.3, -0.25) is 4.79 Å². The summed E-state index contributed by atoms with van der Waals surface area (Å²) in [7, 11) is 0. The molecule has 22 heavy (non-hydrogen) atoms. The second-order valence-corrected chi connectivity index (χ2v) is 6.47. The van der Waals surface area contributed by atoms with Crippen molar-refractivity contribution in [2.45, 2.75) is 32.1 Å². The fourth-order valence-electron chi connectivity index (χ4n) is 2.77. The monoisotopic (exact) mass is 319 g/mol. The van der Waals surface area contributed by atoms with Crippen LogP contribution in [-0.2, 0) is 4.79 Å². The zero-order valence-corrected chi connectivity index (χ0v) is 13.3. The maximum Gasteiger partial charge on any atom is 0.222 e. The molecule has 6 heteroatoms. The largest absolute Gasteiger partial charge is 0.342 e. The number of carbonyl (C=O) groups excluding carboxylic acids is 1. The molecule has 1 aliphatic rings. The van der Waals surface area contributed by atoms with E-state index in [2.05, 4.69) is 10.2 Å². The molecule has 1 aliphatic heterocycles. The van der Waals surface area contributed by atoms with Gasteiger partial charge in [-0.15, -0.1) is 10.2 Å². The lowest BCUT2D eigenvalue weighted by atomic mass is 9.98. The van der Waals surface area contributed by atoms with Crippen molar-refractivity contribution >= 4 is 17.2 Å². The number of piperidine rings is 1. The van der Waals surface area contributed by atoms with Crippen LogP contribution in [0.5, 0.6) is 0 Å². The van der Waals surface area contributed by atoms with Gasteiger partial charge in [0.25, 0.3) is 0 Å². The molecule has 0 radical (unpaired) electrons. The van der Waals surface area contributed by atoms with E-state index in [9.17, 15) is 9.18 Å². The van der Waals surface area contributed by atoms with Crippen LogP contribution in [0, 0.1) is 5.82 Å². The number of aromatic nitrogens is 2. The molecule has 116 valence electrons. The molecule has 0 spiro atoms. The SMILES string of the molecule is CCC(=O)N1CCCC(c2nnc(-c3ccccc3F)s2)C1. The smallest absolute Gasteiger partial charge is 0.222 e. The van der Waals surface area contributed by atoms with E-state index in [4.69, 9.17) is 0 Å². The Morgan fingerprint density at radius 1 is 1.41 bits per heavy atom. The first-order chi connectivity index (χ1) is 10.7. The maximum atomic E-state index is 13.8. The molecule has 4 nitrogen and oxygen atoms in total. The van der Waals surface area contributed by atoms with Crippen LogP contribution in [0.4, 0.5) is 4.39 Å². The number of hydrogen-bond donors (Lipinski definition) is 0. The van der Waals surface area contributed by atoms with Crippen LogP contribution in [0.3, 0.4) is 0 Å². The van der Waals surface area contributed by atoms with Crippen LogP contribution in [-0.4, -0.2) is 34.1 Å². The summed E-state index contributed by atoms with van der Waals surface area (Å²) in [5.41, 5.74) is 0.489. The number of carbonyl (C=O) groups is 1. The predicted molar refractivity (Wildman–Crippen MR) is 84.1 cm³/mol. The van der Waals surface area contributed by atoms with Gasteiger partial charge in [-0.2, -0.15) is 0 Å². The number of likely N-dealkylation sites (tertiary alicyclic amines) is 1. The highest BCUT2D eigenvalue weighted by Crippen LogP contribution is 2.33. The zero-order chi connectivity index (χ0) is 15.5. The summed E-state index contributed by atoms with van der Waals surface area (Å²) in [6, 6.07) is 6.60. The van der Waals surface area contributed by atoms with Crippen molar-refractivity contribution in [3.63, 3.8) is 0 Å². The zero-order valence-electron chi connectivity index (χ0n) is 12.5. The number of nitrogens with zero attached hydrogens (tertiary/aromatic N) is 3. The molecular formula is C16H18FN3OS. The lowest BCUT2D eigenvalue weighted by Gasteiger charge is -2.31. The van der Waals surface area contributed by atoms with Gasteiger partial charge in [-0.05, 0) is 25.0 Å². The number of rotatable bonds is 3. The summed E-state index contributed by atoms with van der Waals surface area (Å²) in [6.45, 7) is 3.40. The fraction of sp³-hybridized carbons (Fsp3) is 0.438. The number of hydrogen-bond acceptors (Lipinski definition) is 4. The van der Waals surface area contributed by atoms with Gasteiger partial charge in [-0.25, -0.2) is 4.39 Å². The molecule has 1 aromatic heterocycles. The molecule has 1 atom stereocenters. The summed E-state index contributed by atoms with van der Waals surface area (Å²) in [6.07, 6.45) is 2.51. The van der Waals surface area contributed by atoms with Crippen molar-refractivity contribution < 1.29 is 9.18 Å². The van der Waals surface area contributed by atoms with E-state index in [1.165, 1.54) is 17.4 Å². The normalized spacial score (nSPS) is 18.5. The molecule has 1 amide bonds. The van der Waals surface area contributed by atoms with Gasteiger partial charge >= 0.3 is 0 Å². The molecule has 2 aromatic rings. The highest BCUT2D eigenvalue weighted by molar-refractivity contribution is 7.14. The van der Waals surface area contributed by atoms with E-state index in [1.807, 2.05) is 11.8 Å². The molecule has 1 fully saturated rings. The lowest BCUT2D eigenvalue weighted by molar-refractivity contribution is -0.132. The first kappa shape index (κ1) is 15.1. The van der Waals surface area contributed by atoms with E-state index in [1.54, 1.807) is 18.2 Å². The summed E-state index contributed by atoms with van der Waals surface area (Å²) >= 11 is 1.43. The van der Waals surface area contributed by atoms with Gasteiger partial charge < -0.3 is 4.90 Å². The van der Waals surface area contributed by atoms with Crippen molar-refractivity contribution in [3.05, 3.63) is 35.1 Å². The highest BCUT2D eigenvalue weighted by atomic mass is 32.1. The van der Waals surface area contributed by atoms with E-state index < -0.39 is 0 Å². The van der Waals surface area contributed by atoms with Gasteiger partial charge in [-0.1, -0.05) is 30.4 Å². The third-order valence-corrected chi connectivity index (χ3v) is 5.09. The number of halogens is 1. The van der Waals surface area contributed by atoms with E-state index >= 15 is 0 Å². The Kier molecular flexibility index (Phi) is 4.47. The Morgan fingerprint density at radius 2 is 2.23 bits per heavy atom. The summed E-state index contributed by atoms with van der Waals surface area (Å²) in [5.74, 6) is 0.113. The van der Waals surface area contributed by atoms with E-state index in [0.717, 1.165) is 24.4 Å². The molecule has 3 rings (SSSR count). The number of benzene rings is 1. The van der Waals surface area contributed by atoms with Crippen LogP contribution in [0.25, 0.3) is 10.6 Å². The Bertz CT molecular complexity index is 673. The third-order valence-electron chi connectivity index (χ3n) is 3.97. The number of amides is 1. The summed E-state index contributed by atoms with van der Waals surface area (Å²) in [4.78, 5) is 13.8. The van der Waals surface area contributed by atoms with Crippen molar-refractivity contribution in [2.75, 3.05) is 13.1 Å². The molecule has 1 unspecified atom stereocenters.